The summed E-state index contributed by atoms with van der Waals surface area (Å²) in [5, 5.41) is 8.48. The van der Waals surface area contributed by atoms with E-state index in [4.69, 9.17) is 4.42 Å². The number of nitrogens with one attached hydrogen (secondary N) is 3. The maximum atomic E-state index is 11.8. The summed E-state index contributed by atoms with van der Waals surface area (Å²) in [6.07, 6.45) is 0. The lowest BCUT2D eigenvalue weighted by Crippen LogP contribution is -2.25. The van der Waals surface area contributed by atoms with Crippen LogP contribution in [0.2, 0.25) is 0 Å². The summed E-state index contributed by atoms with van der Waals surface area (Å²) in [5.41, 5.74) is 1.55. The van der Waals surface area contributed by atoms with Gasteiger partial charge >= 0.3 is 5.76 Å². The Labute approximate surface area is 116 Å². The monoisotopic (exact) mass is 286 g/mol. The zero-order valence-electron chi connectivity index (χ0n) is 10.7. The first-order valence-corrected chi connectivity index (χ1v) is 6.07. The van der Waals surface area contributed by atoms with Crippen LogP contribution < -0.4 is 16.6 Å². The van der Waals surface area contributed by atoms with Crippen molar-refractivity contribution >= 4 is 17.0 Å². The van der Waals surface area contributed by atoms with Gasteiger partial charge in [-0.1, -0.05) is 6.07 Å². The lowest BCUT2D eigenvalue weighted by atomic mass is 10.2. The van der Waals surface area contributed by atoms with Crippen molar-refractivity contribution in [1.82, 2.24) is 20.5 Å². The molecule has 0 aliphatic heterocycles. The molecule has 0 aliphatic carbocycles. The highest BCUT2D eigenvalue weighted by atomic mass is 16.4. The van der Waals surface area contributed by atoms with Crippen molar-refractivity contribution in [1.29, 1.82) is 0 Å². The van der Waals surface area contributed by atoms with Crippen LogP contribution in [-0.2, 0) is 6.54 Å². The van der Waals surface area contributed by atoms with Crippen molar-refractivity contribution < 1.29 is 9.21 Å². The first-order chi connectivity index (χ1) is 10.1. The molecule has 0 bridgehead atoms. The van der Waals surface area contributed by atoms with Crippen molar-refractivity contribution in [2.24, 2.45) is 0 Å². The van der Waals surface area contributed by atoms with Crippen LogP contribution in [0.5, 0.6) is 0 Å². The van der Waals surface area contributed by atoms with E-state index in [1.807, 2.05) is 0 Å². The molecular formula is C13H10N4O4. The van der Waals surface area contributed by atoms with Crippen molar-refractivity contribution in [3.63, 3.8) is 0 Å². The Hall–Kier alpha value is -3.16. The second-order valence-corrected chi connectivity index (χ2v) is 4.33. The second-order valence-electron chi connectivity index (χ2n) is 4.33. The quantitative estimate of drug-likeness (QED) is 0.632. The van der Waals surface area contributed by atoms with Crippen LogP contribution in [0.1, 0.15) is 16.1 Å². The minimum absolute atomic E-state index is 0.118. The minimum Gasteiger partial charge on any atom is -0.408 e. The summed E-state index contributed by atoms with van der Waals surface area (Å²) < 4.78 is 4.89. The Morgan fingerprint density at radius 1 is 1.24 bits per heavy atom. The number of rotatable bonds is 3. The first-order valence-electron chi connectivity index (χ1n) is 6.07. The molecule has 8 heteroatoms. The maximum absolute atomic E-state index is 11.8. The van der Waals surface area contributed by atoms with E-state index < -0.39 is 11.7 Å². The normalized spacial score (nSPS) is 10.7. The number of aromatic amines is 2. The van der Waals surface area contributed by atoms with Crippen molar-refractivity contribution in [3.05, 3.63) is 62.5 Å². The minimum atomic E-state index is -0.524. The molecule has 0 saturated carbocycles. The van der Waals surface area contributed by atoms with E-state index in [1.165, 1.54) is 12.1 Å². The summed E-state index contributed by atoms with van der Waals surface area (Å²) in [5.74, 6) is -0.935. The molecule has 0 radical (unpaired) electrons. The zero-order chi connectivity index (χ0) is 14.8. The predicted octanol–water partition coefficient (Wildman–Crippen LogP) is 0.134. The van der Waals surface area contributed by atoms with Gasteiger partial charge in [-0.05, 0) is 23.8 Å². The number of aromatic nitrogens is 3. The average Bonchev–Trinajstić information content (AvgIpc) is 2.84. The standard InChI is InChI=1S/C13H10N4O4/c18-11-4-2-8(16-17-11)12(19)14-6-7-1-3-10-9(5-7)15-13(20)21-10/h1-5H,6H2,(H,14,19)(H,15,20)(H,17,18). The van der Waals surface area contributed by atoms with E-state index in [9.17, 15) is 14.4 Å². The average molecular weight is 286 g/mol. The molecule has 0 saturated heterocycles. The predicted molar refractivity (Wildman–Crippen MR) is 72.9 cm³/mol. The van der Waals surface area contributed by atoms with Gasteiger partial charge in [-0.15, -0.1) is 0 Å². The largest absolute Gasteiger partial charge is 0.417 e. The van der Waals surface area contributed by atoms with Crippen molar-refractivity contribution in [2.45, 2.75) is 6.54 Å². The maximum Gasteiger partial charge on any atom is 0.417 e. The Morgan fingerprint density at radius 2 is 2.10 bits per heavy atom. The van der Waals surface area contributed by atoms with Crippen LogP contribution >= 0.6 is 0 Å². The number of nitrogens with zero attached hydrogens (tertiary/aromatic N) is 1. The van der Waals surface area contributed by atoms with E-state index in [1.54, 1.807) is 18.2 Å². The van der Waals surface area contributed by atoms with E-state index in [2.05, 4.69) is 20.5 Å². The van der Waals surface area contributed by atoms with Crippen LogP contribution in [0.25, 0.3) is 11.1 Å². The molecule has 0 unspecified atom stereocenters. The SMILES string of the molecule is O=C(NCc1ccc2oc(=O)[nH]c2c1)c1ccc(=O)[nH]n1. The molecule has 106 valence electrons. The number of fused-ring (bicyclic) bond motifs is 1. The van der Waals surface area contributed by atoms with Crippen LogP contribution in [0, 0.1) is 0 Å². The lowest BCUT2D eigenvalue weighted by Gasteiger charge is -2.04. The summed E-state index contributed by atoms with van der Waals surface area (Å²) >= 11 is 0. The number of carbonyl (C=O) groups excluding carboxylic acids is 1. The molecule has 1 aromatic carbocycles. The third kappa shape index (κ3) is 2.73. The molecule has 0 atom stereocenters. The van der Waals surface area contributed by atoms with Crippen LogP contribution in [0.3, 0.4) is 0 Å². The second kappa shape index (κ2) is 5.08. The number of oxazole rings is 1. The topological polar surface area (TPSA) is 121 Å². The van der Waals surface area contributed by atoms with E-state index in [0.717, 1.165) is 5.56 Å². The highest BCUT2D eigenvalue weighted by molar-refractivity contribution is 5.92. The van der Waals surface area contributed by atoms with Gasteiger partial charge in [0.2, 0.25) is 0 Å². The smallest absolute Gasteiger partial charge is 0.408 e. The molecule has 0 aliphatic rings. The summed E-state index contributed by atoms with van der Waals surface area (Å²) in [4.78, 5) is 36.3. The fourth-order valence-corrected chi connectivity index (χ4v) is 1.85. The zero-order valence-corrected chi connectivity index (χ0v) is 10.7. The van der Waals surface area contributed by atoms with Gasteiger partial charge < -0.3 is 9.73 Å². The summed E-state index contributed by atoms with van der Waals surface area (Å²) in [6, 6.07) is 7.66. The van der Waals surface area contributed by atoms with Crippen molar-refractivity contribution in [2.75, 3.05) is 0 Å². The van der Waals surface area contributed by atoms with E-state index in [0.29, 0.717) is 11.1 Å². The molecule has 3 N–H and O–H groups in total. The number of benzene rings is 1. The third-order valence-electron chi connectivity index (χ3n) is 2.85. The molecule has 8 nitrogen and oxygen atoms in total. The third-order valence-corrected chi connectivity index (χ3v) is 2.85. The Bertz CT molecular complexity index is 901. The molecule has 21 heavy (non-hydrogen) atoms. The molecular weight excluding hydrogens is 276 g/mol. The van der Waals surface area contributed by atoms with Gasteiger partial charge in [-0.25, -0.2) is 9.89 Å². The number of H-pyrrole nitrogens is 2. The fraction of sp³-hybridized carbons (Fsp3) is 0.0769. The van der Waals surface area contributed by atoms with Crippen LogP contribution in [0.15, 0.2) is 44.3 Å². The number of hydrogen-bond acceptors (Lipinski definition) is 5. The fourth-order valence-electron chi connectivity index (χ4n) is 1.85. The van der Waals surface area contributed by atoms with Gasteiger partial charge in [-0.3, -0.25) is 14.6 Å². The highest BCUT2D eigenvalue weighted by Crippen LogP contribution is 2.12. The Morgan fingerprint density at radius 3 is 2.86 bits per heavy atom. The van der Waals surface area contributed by atoms with Gasteiger partial charge in [0.05, 0.1) is 5.52 Å². The first kappa shape index (κ1) is 12.9. The number of carbonyl (C=O) groups is 1. The number of hydrogen-bond donors (Lipinski definition) is 3. The van der Waals surface area contributed by atoms with E-state index in [-0.39, 0.29) is 17.8 Å². The molecule has 3 rings (SSSR count). The van der Waals surface area contributed by atoms with Crippen LogP contribution in [-0.4, -0.2) is 21.1 Å². The summed E-state index contributed by atoms with van der Waals surface area (Å²) in [7, 11) is 0. The number of amides is 1. The molecule has 2 aromatic heterocycles. The van der Waals surface area contributed by atoms with E-state index >= 15 is 0 Å². The van der Waals surface area contributed by atoms with Crippen molar-refractivity contribution in [3.8, 4) is 0 Å². The van der Waals surface area contributed by atoms with Gasteiger partial charge in [0, 0.05) is 12.6 Å². The van der Waals surface area contributed by atoms with Gasteiger partial charge in [-0.2, -0.15) is 5.10 Å². The van der Waals surface area contributed by atoms with Gasteiger partial charge in [0.1, 0.15) is 5.69 Å². The van der Waals surface area contributed by atoms with Gasteiger partial charge in [0.15, 0.2) is 5.58 Å². The molecule has 1 amide bonds. The summed E-state index contributed by atoms with van der Waals surface area (Å²) in [6.45, 7) is 0.253. The molecule has 2 heterocycles. The highest BCUT2D eigenvalue weighted by Gasteiger charge is 2.08. The lowest BCUT2D eigenvalue weighted by molar-refractivity contribution is 0.0945. The Kier molecular flexibility index (Phi) is 3.11. The molecule has 0 fully saturated rings. The van der Waals surface area contributed by atoms with Gasteiger partial charge in [0.25, 0.3) is 11.5 Å². The Balaban J connectivity index is 1.73. The molecule has 3 aromatic rings. The molecule has 0 spiro atoms. The van der Waals surface area contributed by atoms with Crippen LogP contribution in [0.4, 0.5) is 0 Å².